The Bertz CT molecular complexity index is 643. The highest BCUT2D eigenvalue weighted by Crippen LogP contribution is 2.17. The monoisotopic (exact) mass is 300 g/mol. The zero-order valence-corrected chi connectivity index (χ0v) is 12.2. The number of hydrogen-bond acceptors (Lipinski definition) is 5. The summed E-state index contributed by atoms with van der Waals surface area (Å²) in [6.45, 7) is 3.33. The summed E-state index contributed by atoms with van der Waals surface area (Å²) in [5, 5.41) is 10.1. The Morgan fingerprint density at radius 2 is 2.11 bits per heavy atom. The minimum Gasteiger partial charge on any atom is -0.447 e. The topological polar surface area (TPSA) is 85.3 Å². The molecule has 0 unspecified atom stereocenters. The molecule has 0 saturated carbocycles. The van der Waals surface area contributed by atoms with E-state index >= 15 is 0 Å². The molecule has 2 aromatic heterocycles. The molecular formula is C12H16N2O3S2. The molecule has 0 aliphatic heterocycles. The van der Waals surface area contributed by atoms with Crippen molar-refractivity contribution in [2.75, 3.05) is 0 Å². The highest BCUT2D eigenvalue weighted by molar-refractivity contribution is 7.89. The molecule has 0 aromatic carbocycles. The van der Waals surface area contributed by atoms with E-state index in [0.717, 1.165) is 13.0 Å². The maximum atomic E-state index is 11.1. The third-order valence-electron chi connectivity index (χ3n) is 2.72. The van der Waals surface area contributed by atoms with Crippen molar-refractivity contribution in [3.8, 4) is 0 Å². The van der Waals surface area contributed by atoms with Crippen LogP contribution in [0.2, 0.25) is 0 Å². The molecule has 0 radical (unpaired) electrons. The summed E-state index contributed by atoms with van der Waals surface area (Å²) in [6.07, 6.45) is 1.01. The fourth-order valence-corrected chi connectivity index (χ4v) is 3.17. The quantitative estimate of drug-likeness (QED) is 0.852. The van der Waals surface area contributed by atoms with Gasteiger partial charge < -0.3 is 9.73 Å². The number of aryl methyl sites for hydroxylation is 1. The van der Waals surface area contributed by atoms with Gasteiger partial charge in [-0.3, -0.25) is 0 Å². The molecule has 0 aliphatic carbocycles. The van der Waals surface area contributed by atoms with Crippen LogP contribution >= 0.6 is 11.3 Å². The normalized spacial score (nSPS) is 11.9. The number of furan rings is 1. The van der Waals surface area contributed by atoms with Crippen molar-refractivity contribution in [2.45, 2.75) is 31.5 Å². The molecule has 7 heteroatoms. The van der Waals surface area contributed by atoms with Gasteiger partial charge >= 0.3 is 0 Å². The van der Waals surface area contributed by atoms with Crippen LogP contribution in [0.25, 0.3) is 0 Å². The van der Waals surface area contributed by atoms with Crippen molar-refractivity contribution >= 4 is 21.4 Å². The minimum absolute atomic E-state index is 0.199. The summed E-state index contributed by atoms with van der Waals surface area (Å²) < 4.78 is 27.3. The molecule has 0 amide bonds. The highest BCUT2D eigenvalue weighted by atomic mass is 32.2. The van der Waals surface area contributed by atoms with Crippen LogP contribution in [-0.4, -0.2) is 8.42 Å². The molecule has 3 N–H and O–H groups in total. The van der Waals surface area contributed by atoms with Gasteiger partial charge in [-0.05, 0) is 35.6 Å². The second-order valence-electron chi connectivity index (χ2n) is 4.09. The van der Waals surface area contributed by atoms with Gasteiger partial charge in [-0.25, -0.2) is 13.6 Å². The van der Waals surface area contributed by atoms with Gasteiger partial charge in [0.25, 0.3) is 10.0 Å². The van der Waals surface area contributed by atoms with Crippen LogP contribution in [-0.2, 0) is 29.5 Å². The summed E-state index contributed by atoms with van der Waals surface area (Å²) in [4.78, 5) is 1.29. The second-order valence-corrected chi connectivity index (χ2v) is 6.58. The average molecular weight is 300 g/mol. The number of nitrogens with two attached hydrogens (primary N) is 1. The largest absolute Gasteiger partial charge is 0.447 e. The van der Waals surface area contributed by atoms with E-state index in [1.165, 1.54) is 16.5 Å². The summed E-state index contributed by atoms with van der Waals surface area (Å²) in [7, 11) is -3.75. The van der Waals surface area contributed by atoms with Gasteiger partial charge in [0, 0.05) is 11.4 Å². The van der Waals surface area contributed by atoms with Crippen molar-refractivity contribution in [2.24, 2.45) is 5.14 Å². The standard InChI is InChI=1S/C12H16N2O3S2/c1-2-9-5-6-18-11(9)8-14-7-10-3-4-12(17-10)19(13,15)16/h3-6,14H,2,7-8H2,1H3,(H2,13,15,16). The molecule has 19 heavy (non-hydrogen) atoms. The minimum atomic E-state index is -3.75. The van der Waals surface area contributed by atoms with Gasteiger partial charge in [0.05, 0.1) is 6.54 Å². The number of primary sulfonamides is 1. The molecule has 5 nitrogen and oxygen atoms in total. The van der Waals surface area contributed by atoms with E-state index in [9.17, 15) is 8.42 Å². The molecule has 0 fully saturated rings. The van der Waals surface area contributed by atoms with Crippen molar-refractivity contribution < 1.29 is 12.8 Å². The summed E-state index contributed by atoms with van der Waals surface area (Å²) in [6, 6.07) is 5.10. The Kier molecular flexibility index (Phi) is 4.41. The molecule has 104 valence electrons. The molecule has 2 aromatic rings. The molecule has 0 bridgehead atoms. The van der Waals surface area contributed by atoms with E-state index in [0.29, 0.717) is 12.3 Å². The van der Waals surface area contributed by atoms with Crippen molar-refractivity contribution in [1.29, 1.82) is 0 Å². The smallest absolute Gasteiger partial charge is 0.271 e. The number of thiophene rings is 1. The Morgan fingerprint density at radius 1 is 1.32 bits per heavy atom. The maximum Gasteiger partial charge on any atom is 0.271 e. The Balaban J connectivity index is 1.91. The van der Waals surface area contributed by atoms with E-state index in [-0.39, 0.29) is 5.09 Å². The van der Waals surface area contributed by atoms with Crippen molar-refractivity contribution in [3.05, 3.63) is 39.8 Å². The van der Waals surface area contributed by atoms with Gasteiger partial charge in [-0.1, -0.05) is 6.92 Å². The predicted molar refractivity (Wildman–Crippen MR) is 74.3 cm³/mol. The lowest BCUT2D eigenvalue weighted by Crippen LogP contribution is -2.13. The summed E-state index contributed by atoms with van der Waals surface area (Å²) in [5.41, 5.74) is 1.34. The van der Waals surface area contributed by atoms with Gasteiger partial charge in [0.2, 0.25) is 5.09 Å². The second kappa shape index (κ2) is 5.87. The molecule has 2 rings (SSSR count). The fraction of sp³-hybridized carbons (Fsp3) is 0.333. The van der Waals surface area contributed by atoms with Crippen LogP contribution in [0.5, 0.6) is 0 Å². The number of hydrogen-bond donors (Lipinski definition) is 2. The van der Waals surface area contributed by atoms with E-state index in [1.54, 1.807) is 17.4 Å². The lowest BCUT2D eigenvalue weighted by Gasteiger charge is -2.03. The SMILES string of the molecule is CCc1ccsc1CNCc1ccc(S(N)(=O)=O)o1. The lowest BCUT2D eigenvalue weighted by atomic mass is 10.2. The zero-order valence-electron chi connectivity index (χ0n) is 10.5. The van der Waals surface area contributed by atoms with Gasteiger partial charge in [0.1, 0.15) is 5.76 Å². The zero-order chi connectivity index (χ0) is 13.9. The Morgan fingerprint density at radius 3 is 2.74 bits per heavy atom. The third-order valence-corrected chi connectivity index (χ3v) is 4.46. The van der Waals surface area contributed by atoms with E-state index in [1.807, 2.05) is 0 Å². The van der Waals surface area contributed by atoms with E-state index in [4.69, 9.17) is 9.56 Å². The number of sulfonamides is 1. The lowest BCUT2D eigenvalue weighted by molar-refractivity contribution is 0.402. The van der Waals surface area contributed by atoms with Crippen LogP contribution in [0.3, 0.4) is 0 Å². The molecule has 0 saturated heterocycles. The van der Waals surface area contributed by atoms with Crippen LogP contribution in [0.15, 0.2) is 33.1 Å². The first kappa shape index (κ1) is 14.3. The van der Waals surface area contributed by atoms with Crippen molar-refractivity contribution in [1.82, 2.24) is 5.32 Å². The first-order valence-corrected chi connectivity index (χ1v) is 8.30. The molecule has 2 heterocycles. The predicted octanol–water partition coefficient (Wildman–Crippen LogP) is 1.84. The number of rotatable bonds is 6. The molecular weight excluding hydrogens is 284 g/mol. The summed E-state index contributed by atoms with van der Waals surface area (Å²) >= 11 is 1.71. The van der Waals surface area contributed by atoms with Gasteiger partial charge in [-0.2, -0.15) is 0 Å². The maximum absolute atomic E-state index is 11.1. The Hall–Kier alpha value is -1.15. The molecule has 0 atom stereocenters. The summed E-state index contributed by atoms with van der Waals surface area (Å²) in [5.74, 6) is 0.554. The van der Waals surface area contributed by atoms with Crippen LogP contribution in [0.1, 0.15) is 23.1 Å². The van der Waals surface area contributed by atoms with Crippen molar-refractivity contribution in [3.63, 3.8) is 0 Å². The number of nitrogens with one attached hydrogen (secondary N) is 1. The van der Waals surface area contributed by atoms with Crippen LogP contribution < -0.4 is 10.5 Å². The average Bonchev–Trinajstić information content (AvgIpc) is 2.96. The van der Waals surface area contributed by atoms with Crippen LogP contribution in [0, 0.1) is 0 Å². The highest BCUT2D eigenvalue weighted by Gasteiger charge is 2.13. The molecule has 0 aliphatic rings. The van der Waals surface area contributed by atoms with Gasteiger partial charge in [0.15, 0.2) is 0 Å². The molecule has 0 spiro atoms. The first-order chi connectivity index (χ1) is 9.00. The van der Waals surface area contributed by atoms with Gasteiger partial charge in [-0.15, -0.1) is 11.3 Å². The Labute approximate surface area is 116 Å². The van der Waals surface area contributed by atoms with E-state index in [2.05, 4.69) is 23.7 Å². The fourth-order valence-electron chi connectivity index (χ4n) is 1.74. The third kappa shape index (κ3) is 3.66. The van der Waals surface area contributed by atoms with Crippen LogP contribution in [0.4, 0.5) is 0 Å². The van der Waals surface area contributed by atoms with E-state index < -0.39 is 10.0 Å². The first-order valence-electron chi connectivity index (χ1n) is 5.88.